The van der Waals surface area contributed by atoms with Crippen LogP contribution >= 0.6 is 22.6 Å². The van der Waals surface area contributed by atoms with E-state index in [0.717, 1.165) is 14.7 Å². The number of hydrogen-bond donors (Lipinski definition) is 0. The van der Waals surface area contributed by atoms with Crippen molar-refractivity contribution in [3.8, 4) is 11.1 Å². The zero-order valence-corrected chi connectivity index (χ0v) is 17.9. The van der Waals surface area contributed by atoms with Gasteiger partial charge >= 0.3 is 11.9 Å². The average Bonchev–Trinajstić information content (AvgIpc) is 2.76. The van der Waals surface area contributed by atoms with Gasteiger partial charge in [-0.2, -0.15) is 5.11 Å². The van der Waals surface area contributed by atoms with Crippen molar-refractivity contribution < 1.29 is 19.1 Å². The van der Waals surface area contributed by atoms with Crippen LogP contribution in [0, 0.1) is 3.57 Å². The molecule has 0 unspecified atom stereocenters. The second kappa shape index (κ2) is 9.42. The molecule has 0 saturated carbocycles. The predicted octanol–water partition coefficient (Wildman–Crippen LogP) is 5.95. The van der Waals surface area contributed by atoms with Crippen molar-refractivity contribution in [3.05, 3.63) is 81.4 Å². The van der Waals surface area contributed by atoms with Crippen LogP contribution in [0.15, 0.2) is 77.0 Å². The topological polar surface area (TPSA) is 77.3 Å². The molecule has 0 saturated heterocycles. The lowest BCUT2D eigenvalue weighted by molar-refractivity contribution is 0.0592. The molecule has 0 spiro atoms. The predicted molar refractivity (Wildman–Crippen MR) is 118 cm³/mol. The molecule has 3 rings (SSSR count). The van der Waals surface area contributed by atoms with Gasteiger partial charge in [0.1, 0.15) is 0 Å². The van der Waals surface area contributed by atoms with E-state index in [4.69, 9.17) is 9.47 Å². The van der Waals surface area contributed by atoms with Crippen LogP contribution in [0.5, 0.6) is 0 Å². The molecule has 0 radical (unpaired) electrons. The lowest BCUT2D eigenvalue weighted by Crippen LogP contribution is -2.01. The fraction of sp³-hybridized carbons (Fsp3) is 0.0909. The van der Waals surface area contributed by atoms with E-state index in [2.05, 4.69) is 32.8 Å². The molecule has 0 bridgehead atoms. The number of halogens is 1. The molecular weight excluding hydrogens is 483 g/mol. The third-order valence-electron chi connectivity index (χ3n) is 4.12. The molecule has 0 N–H and O–H groups in total. The second-order valence-corrected chi connectivity index (χ2v) is 7.22. The third kappa shape index (κ3) is 5.05. The Balaban J connectivity index is 2.04. The van der Waals surface area contributed by atoms with E-state index < -0.39 is 11.9 Å². The van der Waals surface area contributed by atoms with E-state index in [0.29, 0.717) is 22.5 Å². The van der Waals surface area contributed by atoms with Gasteiger partial charge in [0, 0.05) is 9.13 Å². The number of azo groups is 1. The van der Waals surface area contributed by atoms with Crippen LogP contribution in [-0.4, -0.2) is 26.2 Å². The smallest absolute Gasteiger partial charge is 0.337 e. The van der Waals surface area contributed by atoms with Crippen LogP contribution in [0.4, 0.5) is 11.4 Å². The minimum absolute atomic E-state index is 0.374. The van der Waals surface area contributed by atoms with Gasteiger partial charge in [-0.05, 0) is 70.6 Å². The first kappa shape index (κ1) is 20.7. The molecule has 6 nitrogen and oxygen atoms in total. The highest BCUT2D eigenvalue weighted by molar-refractivity contribution is 14.1. The van der Waals surface area contributed by atoms with E-state index in [9.17, 15) is 9.59 Å². The summed E-state index contributed by atoms with van der Waals surface area (Å²) in [6, 6.07) is 19.6. The summed E-state index contributed by atoms with van der Waals surface area (Å²) in [5.74, 6) is -0.862. The van der Waals surface area contributed by atoms with Crippen LogP contribution < -0.4 is 0 Å². The summed E-state index contributed by atoms with van der Waals surface area (Å²) in [4.78, 5) is 23.6. The van der Waals surface area contributed by atoms with Crippen molar-refractivity contribution in [2.45, 2.75) is 0 Å². The number of nitrogens with zero attached hydrogens (tertiary/aromatic N) is 2. The Kier molecular flexibility index (Phi) is 6.71. The summed E-state index contributed by atoms with van der Waals surface area (Å²) < 4.78 is 10.6. The van der Waals surface area contributed by atoms with E-state index in [1.54, 1.807) is 42.5 Å². The maximum atomic E-state index is 11.9. The van der Waals surface area contributed by atoms with Crippen molar-refractivity contribution >= 4 is 45.9 Å². The number of esters is 2. The highest BCUT2D eigenvalue weighted by Gasteiger charge is 2.12. The first-order chi connectivity index (χ1) is 14.0. The van der Waals surface area contributed by atoms with Crippen molar-refractivity contribution in [2.24, 2.45) is 10.2 Å². The molecule has 0 aliphatic heterocycles. The maximum Gasteiger partial charge on any atom is 0.337 e. The SMILES string of the molecule is COC(=O)c1ccc(-c2ccc(C(=O)OC)cc2N=Nc2cccc(I)c2)cc1. The van der Waals surface area contributed by atoms with Gasteiger partial charge in [0.05, 0.1) is 36.7 Å². The Morgan fingerprint density at radius 2 is 1.45 bits per heavy atom. The van der Waals surface area contributed by atoms with Crippen molar-refractivity contribution in [1.82, 2.24) is 0 Å². The van der Waals surface area contributed by atoms with Crippen molar-refractivity contribution in [1.29, 1.82) is 0 Å². The van der Waals surface area contributed by atoms with Gasteiger partial charge in [-0.3, -0.25) is 0 Å². The normalized spacial score (nSPS) is 10.7. The van der Waals surface area contributed by atoms with Crippen LogP contribution in [-0.2, 0) is 9.47 Å². The Bertz CT molecular complexity index is 1080. The van der Waals surface area contributed by atoms with E-state index in [1.807, 2.05) is 24.3 Å². The zero-order chi connectivity index (χ0) is 20.8. The Morgan fingerprint density at radius 3 is 2.10 bits per heavy atom. The van der Waals surface area contributed by atoms with Gasteiger partial charge in [-0.1, -0.05) is 24.3 Å². The van der Waals surface area contributed by atoms with E-state index in [1.165, 1.54) is 14.2 Å². The molecule has 0 amide bonds. The van der Waals surface area contributed by atoms with Crippen LogP contribution in [0.1, 0.15) is 20.7 Å². The molecule has 0 aliphatic rings. The summed E-state index contributed by atoms with van der Waals surface area (Å²) in [5, 5.41) is 8.67. The lowest BCUT2D eigenvalue weighted by atomic mass is 10.0. The standard InChI is InChI=1S/C22H17IN2O4/c1-28-21(26)15-8-6-14(7-9-15)19-11-10-16(22(27)29-2)12-20(19)25-24-18-5-3-4-17(23)13-18/h3-13H,1-2H3. The van der Waals surface area contributed by atoms with Gasteiger partial charge < -0.3 is 9.47 Å². The monoisotopic (exact) mass is 500 g/mol. The van der Waals surface area contributed by atoms with Gasteiger partial charge in [0.25, 0.3) is 0 Å². The molecule has 29 heavy (non-hydrogen) atoms. The van der Waals surface area contributed by atoms with Gasteiger partial charge in [-0.25, -0.2) is 9.59 Å². The number of carbonyl (C=O) groups excluding carboxylic acids is 2. The molecule has 0 atom stereocenters. The largest absolute Gasteiger partial charge is 0.465 e. The lowest BCUT2D eigenvalue weighted by Gasteiger charge is -2.08. The van der Waals surface area contributed by atoms with Gasteiger partial charge in [-0.15, -0.1) is 5.11 Å². The minimum atomic E-state index is -0.455. The van der Waals surface area contributed by atoms with Gasteiger partial charge in [0.15, 0.2) is 0 Å². The molecule has 3 aromatic carbocycles. The molecule has 0 heterocycles. The summed E-state index contributed by atoms with van der Waals surface area (Å²) in [7, 11) is 2.67. The number of hydrogen-bond acceptors (Lipinski definition) is 6. The number of benzene rings is 3. The summed E-state index contributed by atoms with van der Waals surface area (Å²) in [6.07, 6.45) is 0. The van der Waals surface area contributed by atoms with Crippen LogP contribution in [0.25, 0.3) is 11.1 Å². The maximum absolute atomic E-state index is 11.9. The molecule has 146 valence electrons. The average molecular weight is 500 g/mol. The minimum Gasteiger partial charge on any atom is -0.465 e. The quantitative estimate of drug-likeness (QED) is 0.247. The van der Waals surface area contributed by atoms with E-state index in [-0.39, 0.29) is 0 Å². The summed E-state index contributed by atoms with van der Waals surface area (Å²) >= 11 is 2.21. The zero-order valence-electron chi connectivity index (χ0n) is 15.8. The molecular formula is C22H17IN2O4. The Morgan fingerprint density at radius 1 is 0.793 bits per heavy atom. The third-order valence-corrected chi connectivity index (χ3v) is 4.79. The number of rotatable bonds is 5. The Labute approximate surface area is 181 Å². The Hall–Kier alpha value is -3.07. The van der Waals surface area contributed by atoms with Gasteiger partial charge in [0.2, 0.25) is 0 Å². The second-order valence-electron chi connectivity index (χ2n) is 5.97. The van der Waals surface area contributed by atoms with Crippen LogP contribution in [0.2, 0.25) is 0 Å². The highest BCUT2D eigenvalue weighted by Crippen LogP contribution is 2.33. The molecule has 0 aliphatic carbocycles. The molecule has 0 aromatic heterocycles. The summed E-state index contributed by atoms with van der Waals surface area (Å²) in [5.41, 5.74) is 3.63. The fourth-order valence-corrected chi connectivity index (χ4v) is 3.18. The fourth-order valence-electron chi connectivity index (χ4n) is 2.66. The first-order valence-electron chi connectivity index (χ1n) is 8.60. The summed E-state index contributed by atoms with van der Waals surface area (Å²) in [6.45, 7) is 0. The number of ether oxygens (including phenoxy) is 2. The van der Waals surface area contributed by atoms with Crippen molar-refractivity contribution in [3.63, 3.8) is 0 Å². The molecule has 0 fully saturated rings. The first-order valence-corrected chi connectivity index (χ1v) is 9.68. The molecule has 3 aromatic rings. The number of carbonyl (C=O) groups is 2. The van der Waals surface area contributed by atoms with E-state index >= 15 is 0 Å². The molecule has 7 heteroatoms. The highest BCUT2D eigenvalue weighted by atomic mass is 127. The van der Waals surface area contributed by atoms with Crippen LogP contribution in [0.3, 0.4) is 0 Å². The van der Waals surface area contributed by atoms with Crippen molar-refractivity contribution in [2.75, 3.05) is 14.2 Å². The number of methoxy groups -OCH3 is 2.